The molecule has 1 N–H and O–H groups in total. The van der Waals surface area contributed by atoms with E-state index in [2.05, 4.69) is 29.3 Å². The predicted octanol–water partition coefficient (Wildman–Crippen LogP) is 1.83. The van der Waals surface area contributed by atoms with Crippen LogP contribution in [0.15, 0.2) is 4.52 Å². The minimum Gasteiger partial charge on any atom is -0.338 e. The van der Waals surface area contributed by atoms with Gasteiger partial charge >= 0.3 is 0 Å². The van der Waals surface area contributed by atoms with Crippen LogP contribution < -0.4 is 5.32 Å². The van der Waals surface area contributed by atoms with Gasteiger partial charge in [-0.25, -0.2) is 0 Å². The second-order valence-corrected chi connectivity index (χ2v) is 4.66. The van der Waals surface area contributed by atoms with Gasteiger partial charge in [0.05, 0.1) is 6.04 Å². The van der Waals surface area contributed by atoms with Gasteiger partial charge in [0.1, 0.15) is 0 Å². The Labute approximate surface area is 84.1 Å². The van der Waals surface area contributed by atoms with Crippen molar-refractivity contribution in [2.45, 2.75) is 39.7 Å². The van der Waals surface area contributed by atoms with Gasteiger partial charge in [-0.3, -0.25) is 0 Å². The lowest BCUT2D eigenvalue weighted by Crippen LogP contribution is -2.39. The first-order chi connectivity index (χ1) is 6.59. The molecule has 1 aliphatic rings. The summed E-state index contributed by atoms with van der Waals surface area (Å²) in [6.45, 7) is 7.37. The summed E-state index contributed by atoms with van der Waals surface area (Å²) in [4.78, 5) is 4.29. The lowest BCUT2D eigenvalue weighted by Gasteiger charge is -2.36. The Morgan fingerprint density at radius 2 is 2.29 bits per heavy atom. The highest BCUT2D eigenvalue weighted by Gasteiger charge is 2.36. The van der Waals surface area contributed by atoms with Crippen molar-refractivity contribution in [3.8, 4) is 0 Å². The summed E-state index contributed by atoms with van der Waals surface area (Å²) in [6.07, 6.45) is 2.42. The van der Waals surface area contributed by atoms with Gasteiger partial charge in [0, 0.05) is 0 Å². The molecule has 1 atom stereocenters. The second-order valence-electron chi connectivity index (χ2n) is 4.66. The Balaban J connectivity index is 2.23. The Kier molecular flexibility index (Phi) is 2.31. The number of hydrogen-bond acceptors (Lipinski definition) is 4. The molecule has 1 aliphatic heterocycles. The molecule has 0 aliphatic carbocycles. The molecule has 2 rings (SSSR count). The van der Waals surface area contributed by atoms with Crippen LogP contribution in [0.4, 0.5) is 0 Å². The summed E-state index contributed by atoms with van der Waals surface area (Å²) >= 11 is 0. The minimum absolute atomic E-state index is 0.206. The van der Waals surface area contributed by atoms with Gasteiger partial charge in [0.2, 0.25) is 5.89 Å². The highest BCUT2D eigenvalue weighted by atomic mass is 16.5. The van der Waals surface area contributed by atoms with Gasteiger partial charge in [0.15, 0.2) is 5.82 Å². The van der Waals surface area contributed by atoms with Gasteiger partial charge in [-0.1, -0.05) is 19.0 Å². The van der Waals surface area contributed by atoms with Crippen molar-refractivity contribution in [3.05, 3.63) is 11.7 Å². The number of rotatable bonds is 1. The smallest absolute Gasteiger partial charge is 0.244 e. The van der Waals surface area contributed by atoms with Crippen LogP contribution in [0, 0.1) is 12.3 Å². The van der Waals surface area contributed by atoms with Gasteiger partial charge in [0.25, 0.3) is 0 Å². The molecule has 0 radical (unpaired) electrons. The lowest BCUT2D eigenvalue weighted by atomic mass is 9.77. The Morgan fingerprint density at radius 1 is 1.50 bits per heavy atom. The maximum absolute atomic E-state index is 5.22. The molecule has 0 amide bonds. The fraction of sp³-hybridized carbons (Fsp3) is 0.800. The molecule has 1 unspecified atom stereocenters. The van der Waals surface area contributed by atoms with Crippen LogP contribution in [0.5, 0.6) is 0 Å². The number of aryl methyl sites for hydroxylation is 1. The third-order valence-electron chi connectivity index (χ3n) is 2.92. The van der Waals surface area contributed by atoms with Crippen molar-refractivity contribution >= 4 is 0 Å². The predicted molar refractivity (Wildman–Crippen MR) is 52.8 cm³/mol. The molecule has 0 bridgehead atoms. The first-order valence-electron chi connectivity index (χ1n) is 5.13. The largest absolute Gasteiger partial charge is 0.338 e. The Bertz CT molecular complexity index is 319. The van der Waals surface area contributed by atoms with E-state index in [1.165, 1.54) is 12.8 Å². The summed E-state index contributed by atoms with van der Waals surface area (Å²) < 4.78 is 5.22. The van der Waals surface area contributed by atoms with Crippen LogP contribution in [0.2, 0.25) is 0 Å². The number of nitrogens with one attached hydrogen (secondary N) is 1. The SMILES string of the molecule is Cc1noc(C2NCCCC2(C)C)n1. The maximum atomic E-state index is 5.22. The molecule has 4 nitrogen and oxygen atoms in total. The van der Waals surface area contributed by atoms with E-state index in [0.717, 1.165) is 12.4 Å². The molecule has 1 fully saturated rings. The van der Waals surface area contributed by atoms with Crippen molar-refractivity contribution < 1.29 is 4.52 Å². The fourth-order valence-corrected chi connectivity index (χ4v) is 2.06. The van der Waals surface area contributed by atoms with E-state index in [1.54, 1.807) is 0 Å². The lowest BCUT2D eigenvalue weighted by molar-refractivity contribution is 0.146. The van der Waals surface area contributed by atoms with E-state index in [-0.39, 0.29) is 11.5 Å². The van der Waals surface area contributed by atoms with Crippen molar-refractivity contribution in [3.63, 3.8) is 0 Å². The van der Waals surface area contributed by atoms with Crippen LogP contribution >= 0.6 is 0 Å². The van der Waals surface area contributed by atoms with E-state index in [1.807, 2.05) is 6.92 Å². The van der Waals surface area contributed by atoms with E-state index in [0.29, 0.717) is 5.82 Å². The molecule has 4 heteroatoms. The molecule has 1 aromatic heterocycles. The number of piperidine rings is 1. The zero-order valence-corrected chi connectivity index (χ0v) is 9.00. The summed E-state index contributed by atoms with van der Waals surface area (Å²) in [5.74, 6) is 1.44. The van der Waals surface area contributed by atoms with Gasteiger partial charge in [-0.05, 0) is 31.7 Å². The molecule has 0 spiro atoms. The maximum Gasteiger partial charge on any atom is 0.244 e. The molecular weight excluding hydrogens is 178 g/mol. The van der Waals surface area contributed by atoms with Crippen molar-refractivity contribution in [2.75, 3.05) is 6.54 Å². The summed E-state index contributed by atoms with van der Waals surface area (Å²) in [6, 6.07) is 0.206. The summed E-state index contributed by atoms with van der Waals surface area (Å²) in [5.41, 5.74) is 0.206. The summed E-state index contributed by atoms with van der Waals surface area (Å²) in [7, 11) is 0. The molecule has 2 heterocycles. The highest BCUT2D eigenvalue weighted by Crippen LogP contribution is 2.39. The first-order valence-corrected chi connectivity index (χ1v) is 5.13. The van der Waals surface area contributed by atoms with Crippen LogP contribution in [-0.2, 0) is 0 Å². The zero-order valence-electron chi connectivity index (χ0n) is 9.00. The fourth-order valence-electron chi connectivity index (χ4n) is 2.06. The highest BCUT2D eigenvalue weighted by molar-refractivity contribution is 5.00. The van der Waals surface area contributed by atoms with E-state index in [9.17, 15) is 0 Å². The zero-order chi connectivity index (χ0) is 10.2. The van der Waals surface area contributed by atoms with Crippen molar-refractivity contribution in [1.82, 2.24) is 15.5 Å². The molecule has 0 saturated carbocycles. The van der Waals surface area contributed by atoms with E-state index in [4.69, 9.17) is 4.52 Å². The first kappa shape index (κ1) is 9.65. The quantitative estimate of drug-likeness (QED) is 0.742. The van der Waals surface area contributed by atoms with E-state index >= 15 is 0 Å². The van der Waals surface area contributed by atoms with E-state index < -0.39 is 0 Å². The molecular formula is C10H17N3O. The van der Waals surface area contributed by atoms with Crippen LogP contribution in [-0.4, -0.2) is 16.7 Å². The van der Waals surface area contributed by atoms with Gasteiger partial charge in [-0.15, -0.1) is 0 Å². The number of hydrogen-bond donors (Lipinski definition) is 1. The molecule has 1 saturated heterocycles. The normalized spacial score (nSPS) is 26.4. The van der Waals surface area contributed by atoms with Crippen molar-refractivity contribution in [1.29, 1.82) is 0 Å². The third-order valence-corrected chi connectivity index (χ3v) is 2.92. The van der Waals surface area contributed by atoms with Crippen molar-refractivity contribution in [2.24, 2.45) is 5.41 Å². The van der Waals surface area contributed by atoms with Crippen LogP contribution in [0.1, 0.15) is 44.4 Å². The Morgan fingerprint density at radius 3 is 2.86 bits per heavy atom. The molecule has 0 aromatic carbocycles. The summed E-state index contributed by atoms with van der Waals surface area (Å²) in [5, 5.41) is 7.27. The van der Waals surface area contributed by atoms with Gasteiger partial charge < -0.3 is 9.84 Å². The minimum atomic E-state index is 0.206. The molecule has 1 aromatic rings. The average molecular weight is 195 g/mol. The monoisotopic (exact) mass is 195 g/mol. The molecule has 78 valence electrons. The van der Waals surface area contributed by atoms with Gasteiger partial charge in [-0.2, -0.15) is 4.98 Å². The molecule has 14 heavy (non-hydrogen) atoms. The second kappa shape index (κ2) is 3.35. The van der Waals surface area contributed by atoms with Crippen LogP contribution in [0.3, 0.4) is 0 Å². The average Bonchev–Trinajstić information content (AvgIpc) is 2.51. The Hall–Kier alpha value is -0.900. The number of nitrogens with zero attached hydrogens (tertiary/aromatic N) is 2. The number of aromatic nitrogens is 2. The standard InChI is InChI=1S/C10H17N3O/c1-7-12-9(14-13-7)8-10(2,3)5-4-6-11-8/h8,11H,4-6H2,1-3H3. The topological polar surface area (TPSA) is 51.0 Å². The van der Waals surface area contributed by atoms with Crippen LogP contribution in [0.25, 0.3) is 0 Å². The third kappa shape index (κ3) is 1.66.